The van der Waals surface area contributed by atoms with Crippen molar-refractivity contribution in [3.8, 4) is 28.0 Å². The van der Waals surface area contributed by atoms with Crippen LogP contribution >= 0.6 is 15.9 Å². The van der Waals surface area contributed by atoms with Crippen molar-refractivity contribution < 1.29 is 4.74 Å². The fourth-order valence-electron chi connectivity index (χ4n) is 2.56. The Morgan fingerprint density at radius 3 is 2.14 bits per heavy atom. The number of nitrogens with zero attached hydrogens (tertiary/aromatic N) is 1. The average molecular weight is 354 g/mol. The molecule has 3 rings (SSSR count). The van der Waals surface area contributed by atoms with Gasteiger partial charge in [0.2, 0.25) is 0 Å². The van der Waals surface area contributed by atoms with Crippen LogP contribution in [0.25, 0.3) is 22.3 Å². The summed E-state index contributed by atoms with van der Waals surface area (Å²) in [6.07, 6.45) is 1.86. The van der Waals surface area contributed by atoms with Crippen molar-refractivity contribution in [3.05, 3.63) is 71.0 Å². The summed E-state index contributed by atoms with van der Waals surface area (Å²) in [5.41, 5.74) is 5.69. The number of methoxy groups -OCH3 is 1. The number of hydrogen-bond donors (Lipinski definition) is 0. The molecule has 110 valence electrons. The van der Waals surface area contributed by atoms with Gasteiger partial charge in [-0.25, -0.2) is 0 Å². The van der Waals surface area contributed by atoms with E-state index in [1.807, 2.05) is 25.3 Å². The van der Waals surface area contributed by atoms with Crippen molar-refractivity contribution >= 4 is 15.9 Å². The van der Waals surface area contributed by atoms with E-state index in [1.54, 1.807) is 7.11 Å². The molecule has 0 bridgehead atoms. The zero-order valence-electron chi connectivity index (χ0n) is 12.5. The quantitative estimate of drug-likeness (QED) is 0.620. The number of pyridine rings is 1. The van der Waals surface area contributed by atoms with Crippen LogP contribution in [0.1, 0.15) is 5.69 Å². The van der Waals surface area contributed by atoms with Crippen LogP contribution in [-0.2, 0) is 0 Å². The van der Waals surface area contributed by atoms with Gasteiger partial charge < -0.3 is 4.74 Å². The lowest BCUT2D eigenvalue weighted by molar-refractivity contribution is 0.415. The molecule has 0 saturated carbocycles. The van der Waals surface area contributed by atoms with Crippen molar-refractivity contribution in [2.75, 3.05) is 7.11 Å². The van der Waals surface area contributed by atoms with Crippen LogP contribution in [0.5, 0.6) is 5.75 Å². The van der Waals surface area contributed by atoms with Gasteiger partial charge in [-0.2, -0.15) is 0 Å². The van der Waals surface area contributed by atoms with Gasteiger partial charge >= 0.3 is 0 Å². The van der Waals surface area contributed by atoms with Crippen molar-refractivity contribution in [1.82, 2.24) is 4.98 Å². The number of halogens is 1. The van der Waals surface area contributed by atoms with E-state index in [0.717, 1.165) is 21.5 Å². The van der Waals surface area contributed by atoms with E-state index in [-0.39, 0.29) is 0 Å². The lowest BCUT2D eigenvalue weighted by Gasteiger charge is -2.13. The van der Waals surface area contributed by atoms with Gasteiger partial charge in [0.05, 0.1) is 7.11 Å². The highest BCUT2D eigenvalue weighted by molar-refractivity contribution is 9.10. The van der Waals surface area contributed by atoms with E-state index < -0.39 is 0 Å². The van der Waals surface area contributed by atoms with E-state index >= 15 is 0 Å². The van der Waals surface area contributed by atoms with Crippen LogP contribution in [0.2, 0.25) is 0 Å². The molecule has 0 spiro atoms. The Hall–Kier alpha value is -2.13. The molecule has 0 radical (unpaired) electrons. The van der Waals surface area contributed by atoms with E-state index in [2.05, 4.69) is 63.4 Å². The van der Waals surface area contributed by atoms with Gasteiger partial charge in [-0.15, -0.1) is 0 Å². The van der Waals surface area contributed by atoms with Crippen LogP contribution < -0.4 is 4.74 Å². The number of aromatic nitrogens is 1. The normalized spacial score (nSPS) is 10.5. The van der Waals surface area contributed by atoms with Crippen molar-refractivity contribution in [2.24, 2.45) is 0 Å². The van der Waals surface area contributed by atoms with Crippen LogP contribution in [0, 0.1) is 6.92 Å². The van der Waals surface area contributed by atoms with Crippen LogP contribution in [0.3, 0.4) is 0 Å². The Balaban J connectivity index is 2.15. The Bertz CT molecular complexity index is 780. The Morgan fingerprint density at radius 2 is 1.50 bits per heavy atom. The molecule has 0 saturated heterocycles. The molecule has 22 heavy (non-hydrogen) atoms. The molecule has 0 aliphatic rings. The van der Waals surface area contributed by atoms with E-state index in [0.29, 0.717) is 0 Å². The largest absolute Gasteiger partial charge is 0.497 e. The molecular formula is C19H16BrNO. The molecule has 2 aromatic carbocycles. The first-order chi connectivity index (χ1) is 10.7. The van der Waals surface area contributed by atoms with Gasteiger partial charge in [-0.3, -0.25) is 4.98 Å². The molecule has 0 amide bonds. The Morgan fingerprint density at radius 1 is 0.864 bits per heavy atom. The molecule has 0 N–H and O–H groups in total. The Labute approximate surface area is 138 Å². The van der Waals surface area contributed by atoms with E-state index in [1.165, 1.54) is 16.7 Å². The third-order valence-electron chi connectivity index (χ3n) is 3.67. The van der Waals surface area contributed by atoms with Gasteiger partial charge in [-0.05, 0) is 53.9 Å². The second-order valence-corrected chi connectivity index (χ2v) is 5.97. The first kappa shape index (κ1) is 14.8. The number of benzene rings is 2. The lowest BCUT2D eigenvalue weighted by Crippen LogP contribution is -1.92. The summed E-state index contributed by atoms with van der Waals surface area (Å²) >= 11 is 3.49. The third kappa shape index (κ3) is 2.90. The smallest absolute Gasteiger partial charge is 0.118 e. The maximum absolute atomic E-state index is 5.24. The zero-order valence-corrected chi connectivity index (χ0v) is 14.1. The second kappa shape index (κ2) is 6.32. The number of aryl methyl sites for hydroxylation is 1. The number of ether oxygens (including phenoxy) is 1. The summed E-state index contributed by atoms with van der Waals surface area (Å²) in [5.74, 6) is 0.861. The Kier molecular flexibility index (Phi) is 4.25. The maximum atomic E-state index is 5.24. The minimum atomic E-state index is 0.861. The highest BCUT2D eigenvalue weighted by atomic mass is 79.9. The summed E-state index contributed by atoms with van der Waals surface area (Å²) in [6, 6.07) is 18.5. The monoisotopic (exact) mass is 353 g/mol. The third-order valence-corrected chi connectivity index (χ3v) is 4.20. The van der Waals surface area contributed by atoms with Crippen molar-refractivity contribution in [3.63, 3.8) is 0 Å². The molecule has 3 aromatic rings. The summed E-state index contributed by atoms with van der Waals surface area (Å²) in [4.78, 5) is 4.46. The molecule has 3 heteroatoms. The predicted molar refractivity (Wildman–Crippen MR) is 94.1 cm³/mol. The summed E-state index contributed by atoms with van der Waals surface area (Å²) in [5, 5.41) is 0. The highest BCUT2D eigenvalue weighted by Crippen LogP contribution is 2.34. The van der Waals surface area contributed by atoms with Crippen LogP contribution in [0.4, 0.5) is 0 Å². The van der Waals surface area contributed by atoms with Gasteiger partial charge in [-0.1, -0.05) is 40.2 Å². The molecule has 0 fully saturated rings. The molecule has 0 unspecified atom stereocenters. The van der Waals surface area contributed by atoms with Crippen molar-refractivity contribution in [1.29, 1.82) is 0 Å². The molecule has 0 atom stereocenters. The molecule has 0 aliphatic carbocycles. The lowest BCUT2D eigenvalue weighted by atomic mass is 9.94. The average Bonchev–Trinajstić information content (AvgIpc) is 2.56. The summed E-state index contributed by atoms with van der Waals surface area (Å²) in [7, 11) is 1.68. The SMILES string of the molecule is COc1ccc(-c2ccnc(C)c2-c2ccc(Br)cc2)cc1. The molecule has 1 heterocycles. The molecule has 1 aromatic heterocycles. The fourth-order valence-corrected chi connectivity index (χ4v) is 2.82. The van der Waals surface area contributed by atoms with Gasteiger partial charge in [0, 0.05) is 21.9 Å². The topological polar surface area (TPSA) is 22.1 Å². The standard InChI is InChI=1S/C19H16BrNO/c1-13-19(15-3-7-16(20)8-4-15)18(11-12-21-13)14-5-9-17(22-2)10-6-14/h3-12H,1-2H3. The van der Waals surface area contributed by atoms with Gasteiger partial charge in [0.25, 0.3) is 0 Å². The predicted octanol–water partition coefficient (Wildman–Crippen LogP) is 5.50. The van der Waals surface area contributed by atoms with E-state index in [9.17, 15) is 0 Å². The van der Waals surface area contributed by atoms with Crippen LogP contribution in [0.15, 0.2) is 65.3 Å². The minimum absolute atomic E-state index is 0.861. The molecule has 0 aliphatic heterocycles. The van der Waals surface area contributed by atoms with Crippen LogP contribution in [-0.4, -0.2) is 12.1 Å². The fraction of sp³-hybridized carbons (Fsp3) is 0.105. The first-order valence-corrected chi connectivity index (χ1v) is 7.84. The van der Waals surface area contributed by atoms with Gasteiger partial charge in [0.15, 0.2) is 0 Å². The minimum Gasteiger partial charge on any atom is -0.497 e. The number of hydrogen-bond acceptors (Lipinski definition) is 2. The summed E-state index contributed by atoms with van der Waals surface area (Å²) in [6.45, 7) is 2.05. The number of rotatable bonds is 3. The zero-order chi connectivity index (χ0) is 15.5. The molecular weight excluding hydrogens is 338 g/mol. The highest BCUT2D eigenvalue weighted by Gasteiger charge is 2.11. The molecule has 2 nitrogen and oxygen atoms in total. The van der Waals surface area contributed by atoms with E-state index in [4.69, 9.17) is 4.74 Å². The second-order valence-electron chi connectivity index (χ2n) is 5.05. The summed E-state index contributed by atoms with van der Waals surface area (Å²) < 4.78 is 6.31. The van der Waals surface area contributed by atoms with Crippen molar-refractivity contribution in [2.45, 2.75) is 6.92 Å². The van der Waals surface area contributed by atoms with Gasteiger partial charge in [0.1, 0.15) is 5.75 Å². The first-order valence-electron chi connectivity index (χ1n) is 7.05. The maximum Gasteiger partial charge on any atom is 0.118 e.